The largest absolute Gasteiger partial charge is 0.393 e. The molecule has 0 fully saturated rings. The Hall–Kier alpha value is -2.10. The summed E-state index contributed by atoms with van der Waals surface area (Å²) in [5.41, 5.74) is 0.967. The lowest BCUT2D eigenvalue weighted by molar-refractivity contribution is -0.127. The van der Waals surface area contributed by atoms with Gasteiger partial charge in [-0.15, -0.1) is 0 Å². The van der Waals surface area contributed by atoms with Gasteiger partial charge in [0.1, 0.15) is 0 Å². The van der Waals surface area contributed by atoms with E-state index in [2.05, 4.69) is 0 Å². The fraction of sp³-hybridized carbons (Fsp3) is 0.188. The zero-order valence-electron chi connectivity index (χ0n) is 10.7. The van der Waals surface area contributed by atoms with Gasteiger partial charge in [-0.1, -0.05) is 54.6 Å². The molecule has 20 heavy (non-hydrogen) atoms. The van der Waals surface area contributed by atoms with Gasteiger partial charge in [0.05, 0.1) is 6.42 Å². The molecule has 0 saturated heterocycles. The number of alkyl halides is 3. The molecule has 0 bridgehead atoms. The van der Waals surface area contributed by atoms with Crippen LogP contribution in [0.4, 0.5) is 13.2 Å². The molecule has 0 atom stereocenters. The van der Waals surface area contributed by atoms with Gasteiger partial charge in [0.15, 0.2) is 5.78 Å². The molecule has 0 aliphatic heterocycles. The standard InChI is InChI=1S/C16H13F3O/c17-16(18,19)11-13-8-4-5-9-14(13)15(20)10-12-6-2-1-3-7-12/h1-9H,10-11H2. The number of halogens is 3. The molecule has 0 spiro atoms. The van der Waals surface area contributed by atoms with Crippen molar-refractivity contribution in [3.8, 4) is 0 Å². The van der Waals surface area contributed by atoms with Crippen LogP contribution in [-0.4, -0.2) is 12.0 Å². The Morgan fingerprint density at radius 3 is 2.15 bits per heavy atom. The van der Waals surface area contributed by atoms with Crippen LogP contribution in [0.1, 0.15) is 21.5 Å². The lowest BCUT2D eigenvalue weighted by Gasteiger charge is -2.11. The average molecular weight is 278 g/mol. The minimum atomic E-state index is -4.32. The van der Waals surface area contributed by atoms with Gasteiger partial charge in [0.2, 0.25) is 0 Å². The summed E-state index contributed by atoms with van der Waals surface area (Å²) in [4.78, 5) is 12.2. The van der Waals surface area contributed by atoms with Gasteiger partial charge in [-0.05, 0) is 11.1 Å². The Morgan fingerprint density at radius 2 is 1.50 bits per heavy atom. The highest BCUT2D eigenvalue weighted by molar-refractivity contribution is 5.98. The first kappa shape index (κ1) is 14.3. The number of rotatable bonds is 4. The van der Waals surface area contributed by atoms with E-state index in [0.29, 0.717) is 0 Å². The van der Waals surface area contributed by atoms with Crippen molar-refractivity contribution in [1.82, 2.24) is 0 Å². The molecule has 2 rings (SSSR count). The first-order chi connectivity index (χ1) is 9.46. The predicted molar refractivity (Wildman–Crippen MR) is 70.7 cm³/mol. The Balaban J connectivity index is 2.22. The van der Waals surface area contributed by atoms with E-state index in [4.69, 9.17) is 0 Å². The Bertz CT molecular complexity index is 588. The van der Waals surface area contributed by atoms with Crippen LogP contribution < -0.4 is 0 Å². The number of hydrogen-bond acceptors (Lipinski definition) is 1. The normalized spacial score (nSPS) is 11.3. The molecule has 0 amide bonds. The van der Waals surface area contributed by atoms with Crippen LogP contribution in [0.25, 0.3) is 0 Å². The summed E-state index contributed by atoms with van der Waals surface area (Å²) in [5.74, 6) is -0.295. The Morgan fingerprint density at radius 1 is 0.900 bits per heavy atom. The second-order valence-corrected chi connectivity index (χ2v) is 4.53. The van der Waals surface area contributed by atoms with Crippen LogP contribution in [0.5, 0.6) is 0 Å². The van der Waals surface area contributed by atoms with Crippen LogP contribution in [0, 0.1) is 0 Å². The van der Waals surface area contributed by atoms with Crippen molar-refractivity contribution in [1.29, 1.82) is 0 Å². The van der Waals surface area contributed by atoms with Crippen LogP contribution >= 0.6 is 0 Å². The van der Waals surface area contributed by atoms with Crippen LogP contribution in [0.3, 0.4) is 0 Å². The zero-order chi connectivity index (χ0) is 14.6. The molecule has 0 unspecified atom stereocenters. The summed E-state index contributed by atoms with van der Waals surface area (Å²) in [5, 5.41) is 0. The summed E-state index contributed by atoms with van der Waals surface area (Å²) in [6.07, 6.45) is -5.29. The van der Waals surface area contributed by atoms with Crippen LogP contribution in [-0.2, 0) is 12.8 Å². The lowest BCUT2D eigenvalue weighted by atomic mass is 9.97. The number of hydrogen-bond donors (Lipinski definition) is 0. The second kappa shape index (κ2) is 5.90. The summed E-state index contributed by atoms with van der Waals surface area (Å²) < 4.78 is 37.5. The van der Waals surface area contributed by atoms with E-state index in [1.807, 2.05) is 6.07 Å². The molecule has 104 valence electrons. The van der Waals surface area contributed by atoms with Gasteiger partial charge in [-0.3, -0.25) is 4.79 Å². The second-order valence-electron chi connectivity index (χ2n) is 4.53. The maximum absolute atomic E-state index is 12.5. The van der Waals surface area contributed by atoms with Gasteiger partial charge in [0.25, 0.3) is 0 Å². The fourth-order valence-corrected chi connectivity index (χ4v) is 2.04. The Kier molecular flexibility index (Phi) is 4.23. The van der Waals surface area contributed by atoms with E-state index in [1.165, 1.54) is 18.2 Å². The number of benzene rings is 2. The molecular weight excluding hydrogens is 265 g/mol. The topological polar surface area (TPSA) is 17.1 Å². The van der Waals surface area contributed by atoms with Gasteiger partial charge in [0, 0.05) is 12.0 Å². The number of Topliss-reactive ketones (excluding diaryl/α,β-unsaturated/α-hetero) is 1. The number of carbonyl (C=O) groups is 1. The minimum Gasteiger partial charge on any atom is -0.294 e. The van der Waals surface area contributed by atoms with Crippen molar-refractivity contribution in [3.05, 3.63) is 71.3 Å². The highest BCUT2D eigenvalue weighted by Crippen LogP contribution is 2.24. The first-order valence-corrected chi connectivity index (χ1v) is 6.17. The molecule has 4 heteroatoms. The number of carbonyl (C=O) groups excluding carboxylic acids is 1. The molecular formula is C16H13F3O. The fourth-order valence-electron chi connectivity index (χ4n) is 2.04. The quantitative estimate of drug-likeness (QED) is 0.765. The van der Waals surface area contributed by atoms with Gasteiger partial charge in [-0.2, -0.15) is 13.2 Å². The molecule has 0 aromatic heterocycles. The molecule has 0 aliphatic carbocycles. The van der Waals surface area contributed by atoms with Crippen molar-refractivity contribution in [2.45, 2.75) is 19.0 Å². The highest BCUT2D eigenvalue weighted by Gasteiger charge is 2.29. The van der Waals surface area contributed by atoms with Crippen molar-refractivity contribution >= 4 is 5.78 Å². The molecule has 0 radical (unpaired) electrons. The van der Waals surface area contributed by atoms with Crippen LogP contribution in [0.2, 0.25) is 0 Å². The molecule has 0 saturated carbocycles. The third-order valence-corrected chi connectivity index (χ3v) is 2.92. The molecule has 0 N–H and O–H groups in total. The molecule has 0 heterocycles. The lowest BCUT2D eigenvalue weighted by Crippen LogP contribution is -2.15. The average Bonchev–Trinajstić information content (AvgIpc) is 2.38. The highest BCUT2D eigenvalue weighted by atomic mass is 19.4. The van der Waals surface area contributed by atoms with Crippen LogP contribution in [0.15, 0.2) is 54.6 Å². The first-order valence-electron chi connectivity index (χ1n) is 6.17. The van der Waals surface area contributed by atoms with Crippen molar-refractivity contribution in [2.75, 3.05) is 0 Å². The molecule has 0 aliphatic rings. The van der Waals surface area contributed by atoms with Gasteiger partial charge >= 0.3 is 6.18 Å². The Labute approximate surface area is 115 Å². The minimum absolute atomic E-state index is 0.0286. The number of ketones is 1. The molecule has 2 aromatic rings. The predicted octanol–water partition coefficient (Wildman–Crippen LogP) is 4.22. The van der Waals surface area contributed by atoms with E-state index in [9.17, 15) is 18.0 Å². The van der Waals surface area contributed by atoms with E-state index in [0.717, 1.165) is 5.56 Å². The summed E-state index contributed by atoms with van der Waals surface area (Å²) in [6.45, 7) is 0. The van der Waals surface area contributed by atoms with Crippen molar-refractivity contribution < 1.29 is 18.0 Å². The summed E-state index contributed by atoms with van der Waals surface area (Å²) in [6, 6.07) is 14.9. The van der Waals surface area contributed by atoms with E-state index < -0.39 is 12.6 Å². The zero-order valence-corrected chi connectivity index (χ0v) is 10.7. The molecule has 2 aromatic carbocycles. The summed E-state index contributed by atoms with van der Waals surface area (Å²) >= 11 is 0. The monoisotopic (exact) mass is 278 g/mol. The third-order valence-electron chi connectivity index (χ3n) is 2.92. The SMILES string of the molecule is O=C(Cc1ccccc1)c1ccccc1CC(F)(F)F. The summed E-state index contributed by atoms with van der Waals surface area (Å²) in [7, 11) is 0. The van der Waals surface area contributed by atoms with Gasteiger partial charge < -0.3 is 0 Å². The maximum atomic E-state index is 12.5. The van der Waals surface area contributed by atoms with Gasteiger partial charge in [-0.25, -0.2) is 0 Å². The maximum Gasteiger partial charge on any atom is 0.393 e. The molecule has 1 nitrogen and oxygen atoms in total. The van der Waals surface area contributed by atoms with E-state index in [-0.39, 0.29) is 23.3 Å². The smallest absolute Gasteiger partial charge is 0.294 e. The van der Waals surface area contributed by atoms with E-state index >= 15 is 0 Å². The van der Waals surface area contributed by atoms with Crippen molar-refractivity contribution in [2.24, 2.45) is 0 Å². The van der Waals surface area contributed by atoms with Crippen molar-refractivity contribution in [3.63, 3.8) is 0 Å². The van der Waals surface area contributed by atoms with E-state index in [1.54, 1.807) is 30.3 Å². The third kappa shape index (κ3) is 3.95.